The number of phenolic OH excluding ortho intramolecular Hbond substituents is 1. The van der Waals surface area contributed by atoms with Crippen LogP contribution in [0.15, 0.2) is 24.3 Å². The Morgan fingerprint density at radius 2 is 2.06 bits per heavy atom. The predicted octanol–water partition coefficient (Wildman–Crippen LogP) is 4.25. The second kappa shape index (κ2) is 4.06. The van der Waals surface area contributed by atoms with Gasteiger partial charge in [-0.05, 0) is 30.2 Å². The zero-order chi connectivity index (χ0) is 11.8. The van der Waals surface area contributed by atoms with Crippen LogP contribution in [0.2, 0.25) is 5.02 Å². The molecule has 0 unspecified atom stereocenters. The van der Waals surface area contributed by atoms with Gasteiger partial charge in [0.05, 0.1) is 0 Å². The van der Waals surface area contributed by atoms with E-state index in [1.165, 1.54) is 12.1 Å². The fraction of sp³-hybridized carbons (Fsp3) is 0.333. The normalized spacial score (nSPS) is 19.3. The molecule has 1 aromatic carbocycles. The summed E-state index contributed by atoms with van der Waals surface area (Å²) in [4.78, 5) is 0. The fourth-order valence-corrected chi connectivity index (χ4v) is 1.98. The van der Waals surface area contributed by atoms with Crippen molar-refractivity contribution >= 4 is 17.2 Å². The molecule has 0 radical (unpaired) electrons. The highest BCUT2D eigenvalue weighted by Gasteiger charge is 2.31. The van der Waals surface area contributed by atoms with Gasteiger partial charge < -0.3 is 5.11 Å². The molecule has 0 amide bonds. The molecular weight excluding hydrogens is 234 g/mol. The molecule has 0 heterocycles. The first-order chi connectivity index (χ1) is 7.48. The molecule has 1 N–H and O–H groups in total. The monoisotopic (exact) mass is 244 g/mol. The van der Waals surface area contributed by atoms with Crippen LogP contribution in [0.1, 0.15) is 24.8 Å². The minimum Gasteiger partial charge on any atom is -0.507 e. The van der Waals surface area contributed by atoms with Crippen LogP contribution in [0, 0.1) is 0 Å². The molecule has 0 fully saturated rings. The first-order valence-electron chi connectivity index (χ1n) is 5.04. The predicted molar refractivity (Wildman–Crippen MR) is 59.9 cm³/mol. The molecule has 16 heavy (non-hydrogen) atoms. The van der Waals surface area contributed by atoms with Crippen molar-refractivity contribution in [2.24, 2.45) is 0 Å². The van der Waals surface area contributed by atoms with Crippen LogP contribution in [0.25, 0.3) is 5.57 Å². The molecule has 2 rings (SSSR count). The van der Waals surface area contributed by atoms with Gasteiger partial charge in [0.15, 0.2) is 0 Å². The van der Waals surface area contributed by atoms with Crippen LogP contribution in [0.4, 0.5) is 8.78 Å². The second-order valence-corrected chi connectivity index (χ2v) is 4.39. The average molecular weight is 245 g/mol. The van der Waals surface area contributed by atoms with Crippen LogP contribution in [0.5, 0.6) is 5.75 Å². The second-order valence-electron chi connectivity index (χ2n) is 3.95. The molecular formula is C12H11ClF2O. The standard InChI is InChI=1S/C12H11ClF2O/c13-9-1-2-10(11(16)7-9)8-3-5-12(14,15)6-4-8/h1-3,7,16H,4-6H2. The minimum atomic E-state index is -2.61. The quantitative estimate of drug-likeness (QED) is 0.783. The van der Waals surface area contributed by atoms with Crippen molar-refractivity contribution < 1.29 is 13.9 Å². The number of allylic oxidation sites excluding steroid dienone is 2. The Morgan fingerprint density at radius 3 is 2.62 bits per heavy atom. The van der Waals surface area contributed by atoms with Gasteiger partial charge in [0, 0.05) is 23.4 Å². The SMILES string of the molecule is Oc1cc(Cl)ccc1C1=CCC(F)(F)CC1. The Kier molecular flexibility index (Phi) is 2.89. The van der Waals surface area contributed by atoms with Gasteiger partial charge in [-0.2, -0.15) is 0 Å². The Hall–Kier alpha value is -1.09. The third kappa shape index (κ3) is 2.35. The highest BCUT2D eigenvalue weighted by atomic mass is 35.5. The Morgan fingerprint density at radius 1 is 1.31 bits per heavy atom. The summed E-state index contributed by atoms with van der Waals surface area (Å²) >= 11 is 5.70. The van der Waals surface area contributed by atoms with Crippen molar-refractivity contribution in [2.75, 3.05) is 0 Å². The number of hydrogen-bond donors (Lipinski definition) is 1. The van der Waals surface area contributed by atoms with Gasteiger partial charge in [0.25, 0.3) is 5.92 Å². The number of rotatable bonds is 1. The van der Waals surface area contributed by atoms with Gasteiger partial charge in [-0.15, -0.1) is 0 Å². The third-order valence-electron chi connectivity index (χ3n) is 2.71. The summed E-state index contributed by atoms with van der Waals surface area (Å²) in [5.74, 6) is -2.56. The number of hydrogen-bond acceptors (Lipinski definition) is 1. The van der Waals surface area contributed by atoms with Gasteiger partial charge in [0.2, 0.25) is 0 Å². The number of halogens is 3. The van der Waals surface area contributed by atoms with Crippen LogP contribution in [-0.2, 0) is 0 Å². The van der Waals surface area contributed by atoms with E-state index in [2.05, 4.69) is 0 Å². The van der Waals surface area contributed by atoms with Gasteiger partial charge in [-0.25, -0.2) is 8.78 Å². The van der Waals surface area contributed by atoms with Gasteiger partial charge in [0.1, 0.15) is 5.75 Å². The van der Waals surface area contributed by atoms with E-state index in [0.717, 1.165) is 5.57 Å². The Bertz CT molecular complexity index is 441. The first-order valence-corrected chi connectivity index (χ1v) is 5.41. The lowest BCUT2D eigenvalue weighted by molar-refractivity contribution is -0.00605. The van der Waals surface area contributed by atoms with E-state index in [1.54, 1.807) is 12.1 Å². The summed E-state index contributed by atoms with van der Waals surface area (Å²) < 4.78 is 25.9. The van der Waals surface area contributed by atoms with E-state index in [-0.39, 0.29) is 25.0 Å². The molecule has 0 saturated heterocycles. The maximum absolute atomic E-state index is 12.9. The van der Waals surface area contributed by atoms with E-state index < -0.39 is 5.92 Å². The molecule has 0 aliphatic heterocycles. The number of phenols is 1. The van der Waals surface area contributed by atoms with Gasteiger partial charge in [-0.1, -0.05) is 17.7 Å². The van der Waals surface area contributed by atoms with Crippen LogP contribution >= 0.6 is 11.6 Å². The van der Waals surface area contributed by atoms with E-state index in [1.807, 2.05) is 0 Å². The summed E-state index contributed by atoms with van der Waals surface area (Å²) in [7, 11) is 0. The minimum absolute atomic E-state index is 0.0453. The summed E-state index contributed by atoms with van der Waals surface area (Å²) in [6.45, 7) is 0. The zero-order valence-corrected chi connectivity index (χ0v) is 9.27. The van der Waals surface area contributed by atoms with Crippen molar-refractivity contribution in [1.29, 1.82) is 0 Å². The third-order valence-corrected chi connectivity index (χ3v) is 2.95. The Labute approximate surface area is 97.4 Å². The number of benzene rings is 1. The van der Waals surface area contributed by atoms with Crippen molar-refractivity contribution in [3.05, 3.63) is 34.9 Å². The van der Waals surface area contributed by atoms with E-state index in [9.17, 15) is 13.9 Å². The molecule has 0 atom stereocenters. The Balaban J connectivity index is 2.29. The number of aromatic hydroxyl groups is 1. The lowest BCUT2D eigenvalue weighted by Gasteiger charge is -2.22. The topological polar surface area (TPSA) is 20.2 Å². The molecule has 1 nitrogen and oxygen atoms in total. The van der Waals surface area contributed by atoms with E-state index in [0.29, 0.717) is 10.6 Å². The van der Waals surface area contributed by atoms with Crippen molar-refractivity contribution in [2.45, 2.75) is 25.2 Å². The molecule has 0 saturated carbocycles. The van der Waals surface area contributed by atoms with Gasteiger partial charge in [-0.3, -0.25) is 0 Å². The maximum atomic E-state index is 12.9. The summed E-state index contributed by atoms with van der Waals surface area (Å²) in [5.41, 5.74) is 1.36. The lowest BCUT2D eigenvalue weighted by Crippen LogP contribution is -2.18. The highest BCUT2D eigenvalue weighted by molar-refractivity contribution is 6.30. The summed E-state index contributed by atoms with van der Waals surface area (Å²) in [5, 5.41) is 10.1. The van der Waals surface area contributed by atoms with E-state index >= 15 is 0 Å². The molecule has 1 aliphatic carbocycles. The first kappa shape index (κ1) is 11.4. The average Bonchev–Trinajstić information content (AvgIpc) is 2.19. The number of alkyl halides is 2. The molecule has 0 spiro atoms. The largest absolute Gasteiger partial charge is 0.507 e. The molecule has 0 aromatic heterocycles. The van der Waals surface area contributed by atoms with E-state index in [4.69, 9.17) is 11.6 Å². The van der Waals surface area contributed by atoms with Crippen molar-refractivity contribution in [1.82, 2.24) is 0 Å². The van der Waals surface area contributed by atoms with Crippen LogP contribution < -0.4 is 0 Å². The van der Waals surface area contributed by atoms with Crippen LogP contribution in [-0.4, -0.2) is 11.0 Å². The van der Waals surface area contributed by atoms with Gasteiger partial charge >= 0.3 is 0 Å². The lowest BCUT2D eigenvalue weighted by atomic mass is 9.91. The molecule has 4 heteroatoms. The van der Waals surface area contributed by atoms with Crippen molar-refractivity contribution in [3.63, 3.8) is 0 Å². The van der Waals surface area contributed by atoms with Crippen LogP contribution in [0.3, 0.4) is 0 Å². The van der Waals surface area contributed by atoms with Crippen molar-refractivity contribution in [3.8, 4) is 5.75 Å². The highest BCUT2D eigenvalue weighted by Crippen LogP contribution is 2.39. The smallest absolute Gasteiger partial charge is 0.251 e. The molecule has 1 aliphatic rings. The maximum Gasteiger partial charge on any atom is 0.251 e. The summed E-state index contributed by atoms with van der Waals surface area (Å²) in [6.07, 6.45) is 1.35. The molecule has 0 bridgehead atoms. The summed E-state index contributed by atoms with van der Waals surface area (Å²) in [6, 6.07) is 4.72. The molecule has 1 aromatic rings. The fourth-order valence-electron chi connectivity index (χ4n) is 1.82. The zero-order valence-electron chi connectivity index (χ0n) is 8.51. The molecule has 86 valence electrons.